The molecule has 0 aliphatic heterocycles. The third-order valence-corrected chi connectivity index (χ3v) is 3.70. The third-order valence-electron chi connectivity index (χ3n) is 3.70. The maximum absolute atomic E-state index is 4.51. The molecule has 0 aliphatic carbocycles. The van der Waals surface area contributed by atoms with E-state index in [9.17, 15) is 0 Å². The number of rotatable bonds is 6. The van der Waals surface area contributed by atoms with Crippen LogP contribution >= 0.6 is 0 Å². The molecular weight excluding hydrogens is 244 g/mol. The summed E-state index contributed by atoms with van der Waals surface area (Å²) in [5.41, 5.74) is 5.20. The van der Waals surface area contributed by atoms with E-state index in [4.69, 9.17) is 0 Å². The highest BCUT2D eigenvalue weighted by molar-refractivity contribution is 5.31. The average Bonchev–Trinajstić information content (AvgIpc) is 2.48. The maximum Gasteiger partial charge on any atom is 0.0576 e. The number of nitrogens with zero attached hydrogens (tertiary/aromatic N) is 1. The first-order valence-corrected chi connectivity index (χ1v) is 7.41. The van der Waals surface area contributed by atoms with E-state index in [0.29, 0.717) is 6.04 Å². The van der Waals surface area contributed by atoms with Crippen molar-refractivity contribution in [3.05, 3.63) is 65.0 Å². The number of hydrogen-bond acceptors (Lipinski definition) is 2. The fourth-order valence-corrected chi connectivity index (χ4v) is 2.35. The van der Waals surface area contributed by atoms with Gasteiger partial charge in [-0.2, -0.15) is 0 Å². The van der Waals surface area contributed by atoms with E-state index in [1.54, 1.807) is 0 Å². The number of hydrogen-bond donors (Lipinski definition) is 1. The molecule has 0 amide bonds. The predicted molar refractivity (Wildman–Crippen MR) is 84.9 cm³/mol. The van der Waals surface area contributed by atoms with Gasteiger partial charge < -0.3 is 5.32 Å². The van der Waals surface area contributed by atoms with Gasteiger partial charge in [0.2, 0.25) is 0 Å². The minimum absolute atomic E-state index is 0.290. The minimum Gasteiger partial charge on any atom is -0.308 e. The Labute approximate surface area is 122 Å². The lowest BCUT2D eigenvalue weighted by molar-refractivity contribution is 0.518. The van der Waals surface area contributed by atoms with E-state index in [1.807, 2.05) is 12.3 Å². The van der Waals surface area contributed by atoms with Crippen LogP contribution in [0.25, 0.3) is 0 Å². The largest absolute Gasteiger partial charge is 0.308 e. The number of pyridine rings is 1. The van der Waals surface area contributed by atoms with Gasteiger partial charge in [-0.05, 0) is 62.1 Å². The number of nitrogens with one attached hydrogen (secondary N) is 1. The Balaban J connectivity index is 2.17. The second kappa shape index (κ2) is 7.20. The van der Waals surface area contributed by atoms with Gasteiger partial charge >= 0.3 is 0 Å². The third kappa shape index (κ3) is 3.91. The van der Waals surface area contributed by atoms with Gasteiger partial charge in [-0.3, -0.25) is 4.98 Å². The smallest absolute Gasteiger partial charge is 0.0576 e. The van der Waals surface area contributed by atoms with Gasteiger partial charge in [0.15, 0.2) is 0 Å². The molecule has 0 saturated carbocycles. The molecule has 2 aromatic rings. The molecule has 2 nitrogen and oxygen atoms in total. The zero-order valence-electron chi connectivity index (χ0n) is 12.7. The summed E-state index contributed by atoms with van der Waals surface area (Å²) in [7, 11) is 0. The lowest BCUT2D eigenvalue weighted by atomic mass is 9.99. The summed E-state index contributed by atoms with van der Waals surface area (Å²) in [5, 5.41) is 3.61. The van der Waals surface area contributed by atoms with Crippen molar-refractivity contribution in [3.63, 3.8) is 0 Å². The molecule has 1 N–H and O–H groups in total. The van der Waals surface area contributed by atoms with E-state index in [-0.39, 0.29) is 0 Å². The van der Waals surface area contributed by atoms with Crippen molar-refractivity contribution in [2.45, 2.75) is 39.7 Å². The first-order valence-electron chi connectivity index (χ1n) is 7.41. The van der Waals surface area contributed by atoms with Crippen LogP contribution < -0.4 is 5.32 Å². The molecule has 0 radical (unpaired) electrons. The maximum atomic E-state index is 4.51. The van der Waals surface area contributed by atoms with Gasteiger partial charge in [-0.25, -0.2) is 0 Å². The van der Waals surface area contributed by atoms with Crippen LogP contribution in [-0.4, -0.2) is 11.5 Å². The van der Waals surface area contributed by atoms with Crippen LogP contribution in [0.5, 0.6) is 0 Å². The summed E-state index contributed by atoms with van der Waals surface area (Å²) in [4.78, 5) is 4.51. The summed E-state index contributed by atoms with van der Waals surface area (Å²) in [6.45, 7) is 7.54. The van der Waals surface area contributed by atoms with Gasteiger partial charge in [0.05, 0.1) is 11.7 Å². The number of aromatic nitrogens is 1. The summed E-state index contributed by atoms with van der Waals surface area (Å²) >= 11 is 0. The van der Waals surface area contributed by atoms with Crippen LogP contribution in [0.3, 0.4) is 0 Å². The zero-order valence-corrected chi connectivity index (χ0v) is 12.7. The first kappa shape index (κ1) is 14.7. The molecule has 0 spiro atoms. The van der Waals surface area contributed by atoms with Crippen LogP contribution in [0, 0.1) is 13.8 Å². The molecular formula is C18H24N2. The van der Waals surface area contributed by atoms with Crippen molar-refractivity contribution < 1.29 is 0 Å². The van der Waals surface area contributed by atoms with E-state index in [2.05, 4.69) is 61.4 Å². The van der Waals surface area contributed by atoms with Crippen LogP contribution in [0.4, 0.5) is 0 Å². The van der Waals surface area contributed by atoms with E-state index < -0.39 is 0 Å². The zero-order chi connectivity index (χ0) is 14.4. The lowest BCUT2D eigenvalue weighted by Gasteiger charge is -2.18. The molecule has 1 unspecified atom stereocenters. The fourth-order valence-electron chi connectivity index (χ4n) is 2.35. The highest BCUT2D eigenvalue weighted by Crippen LogP contribution is 2.18. The van der Waals surface area contributed by atoms with Crippen LogP contribution in [0.15, 0.2) is 42.6 Å². The standard InChI is InChI=1S/C18H24N2/c1-4-10-19-18(17-7-5-6-11-20-17)13-16-9-8-14(2)15(3)12-16/h5-9,11-12,18-19H,4,10,13H2,1-3H3. The van der Waals surface area contributed by atoms with Crippen molar-refractivity contribution in [1.29, 1.82) is 0 Å². The molecule has 2 heteroatoms. The Morgan fingerprint density at radius 1 is 1.10 bits per heavy atom. The quantitative estimate of drug-likeness (QED) is 0.857. The molecule has 1 atom stereocenters. The highest BCUT2D eigenvalue weighted by atomic mass is 14.9. The second-order valence-electron chi connectivity index (χ2n) is 5.38. The molecule has 0 fully saturated rings. The summed E-state index contributed by atoms with van der Waals surface area (Å²) < 4.78 is 0. The molecule has 2 rings (SSSR count). The lowest BCUT2D eigenvalue weighted by Crippen LogP contribution is -2.25. The Hall–Kier alpha value is -1.67. The predicted octanol–water partition coefficient (Wildman–Crippen LogP) is 3.98. The van der Waals surface area contributed by atoms with Gasteiger partial charge in [-0.1, -0.05) is 31.2 Å². The molecule has 0 aliphatic rings. The Morgan fingerprint density at radius 3 is 2.60 bits per heavy atom. The fraction of sp³-hybridized carbons (Fsp3) is 0.389. The SMILES string of the molecule is CCCNC(Cc1ccc(C)c(C)c1)c1ccccn1. The van der Waals surface area contributed by atoms with Crippen LogP contribution in [-0.2, 0) is 6.42 Å². The van der Waals surface area contributed by atoms with Crippen molar-refractivity contribution >= 4 is 0 Å². The van der Waals surface area contributed by atoms with E-state index >= 15 is 0 Å². The Morgan fingerprint density at radius 2 is 1.95 bits per heavy atom. The van der Waals surface area contributed by atoms with Crippen molar-refractivity contribution in [1.82, 2.24) is 10.3 Å². The summed E-state index contributed by atoms with van der Waals surface area (Å²) in [6.07, 6.45) is 3.99. The molecule has 20 heavy (non-hydrogen) atoms. The van der Waals surface area contributed by atoms with Gasteiger partial charge in [-0.15, -0.1) is 0 Å². The van der Waals surface area contributed by atoms with Crippen molar-refractivity contribution in [2.75, 3.05) is 6.54 Å². The van der Waals surface area contributed by atoms with E-state index in [0.717, 1.165) is 25.1 Å². The van der Waals surface area contributed by atoms with Gasteiger partial charge in [0, 0.05) is 6.20 Å². The summed E-state index contributed by atoms with van der Waals surface area (Å²) in [5.74, 6) is 0. The minimum atomic E-state index is 0.290. The first-order chi connectivity index (χ1) is 9.70. The van der Waals surface area contributed by atoms with Gasteiger partial charge in [0.1, 0.15) is 0 Å². The molecule has 0 bridgehead atoms. The van der Waals surface area contributed by atoms with E-state index in [1.165, 1.54) is 16.7 Å². The molecule has 0 saturated heterocycles. The Kier molecular flexibility index (Phi) is 5.31. The number of aryl methyl sites for hydroxylation is 2. The topological polar surface area (TPSA) is 24.9 Å². The van der Waals surface area contributed by atoms with Crippen molar-refractivity contribution in [3.8, 4) is 0 Å². The molecule has 106 valence electrons. The highest BCUT2D eigenvalue weighted by Gasteiger charge is 2.12. The average molecular weight is 268 g/mol. The molecule has 1 aromatic heterocycles. The molecule has 1 aromatic carbocycles. The summed E-state index contributed by atoms with van der Waals surface area (Å²) in [6, 6.07) is 13.2. The molecule has 1 heterocycles. The van der Waals surface area contributed by atoms with Gasteiger partial charge in [0.25, 0.3) is 0 Å². The monoisotopic (exact) mass is 268 g/mol. The second-order valence-corrected chi connectivity index (χ2v) is 5.38. The van der Waals surface area contributed by atoms with Crippen LogP contribution in [0.1, 0.15) is 41.8 Å². The Bertz CT molecular complexity index is 534. The number of benzene rings is 1. The normalized spacial score (nSPS) is 12.3. The van der Waals surface area contributed by atoms with Crippen LogP contribution in [0.2, 0.25) is 0 Å². The van der Waals surface area contributed by atoms with Crippen molar-refractivity contribution in [2.24, 2.45) is 0 Å².